The summed E-state index contributed by atoms with van der Waals surface area (Å²) in [6, 6.07) is 5.14. The zero-order valence-corrected chi connectivity index (χ0v) is 9.98. The van der Waals surface area contributed by atoms with Gasteiger partial charge in [-0.15, -0.1) is 0 Å². The first-order valence-corrected chi connectivity index (χ1v) is 5.31. The molecule has 0 aromatic heterocycles. The molecule has 0 saturated heterocycles. The van der Waals surface area contributed by atoms with Crippen LogP contribution in [0.15, 0.2) is 18.2 Å². The quantitative estimate of drug-likeness (QED) is 0.833. The minimum atomic E-state index is -0.957. The molecule has 0 fully saturated rings. The standard InChI is InChI=1S/C10H12INO2/c1-6-2-7(4-8(11)3-6)5-9(12)10(13)14/h2-4,9H,5,12H2,1H3,(H,13,14)/t9-/m0/s1. The topological polar surface area (TPSA) is 63.3 Å². The highest BCUT2D eigenvalue weighted by Crippen LogP contribution is 2.13. The van der Waals surface area contributed by atoms with E-state index in [1.165, 1.54) is 0 Å². The summed E-state index contributed by atoms with van der Waals surface area (Å²) in [6.07, 6.45) is 0.382. The summed E-state index contributed by atoms with van der Waals surface area (Å²) >= 11 is 2.21. The van der Waals surface area contributed by atoms with Crippen LogP contribution in [0.4, 0.5) is 0 Å². The molecule has 3 N–H and O–H groups in total. The molecular weight excluding hydrogens is 293 g/mol. The minimum absolute atomic E-state index is 0.382. The molecule has 0 saturated carbocycles. The Morgan fingerprint density at radius 3 is 2.71 bits per heavy atom. The predicted molar refractivity (Wildman–Crippen MR) is 63.2 cm³/mol. The molecule has 3 nitrogen and oxygen atoms in total. The van der Waals surface area contributed by atoms with Gasteiger partial charge in [-0.1, -0.05) is 6.07 Å². The van der Waals surface area contributed by atoms with Crippen LogP contribution in [-0.2, 0) is 11.2 Å². The molecule has 0 heterocycles. The fourth-order valence-corrected chi connectivity index (χ4v) is 2.16. The van der Waals surface area contributed by atoms with Crippen LogP contribution < -0.4 is 5.73 Å². The van der Waals surface area contributed by atoms with Gasteiger partial charge in [0.05, 0.1) is 0 Å². The summed E-state index contributed by atoms with van der Waals surface area (Å²) in [5, 5.41) is 8.66. The number of carbonyl (C=O) groups is 1. The van der Waals surface area contributed by atoms with Gasteiger partial charge in [-0.25, -0.2) is 0 Å². The van der Waals surface area contributed by atoms with Gasteiger partial charge in [-0.2, -0.15) is 0 Å². The lowest BCUT2D eigenvalue weighted by molar-refractivity contribution is -0.138. The number of aliphatic carboxylic acids is 1. The van der Waals surface area contributed by atoms with Gasteiger partial charge in [0.15, 0.2) is 0 Å². The zero-order chi connectivity index (χ0) is 10.7. The largest absolute Gasteiger partial charge is 0.480 e. The van der Waals surface area contributed by atoms with Crippen LogP contribution in [0.2, 0.25) is 0 Å². The first-order chi connectivity index (χ1) is 6.49. The summed E-state index contributed by atoms with van der Waals surface area (Å²) in [7, 11) is 0. The third-order valence-electron chi connectivity index (χ3n) is 1.87. The number of halogens is 1. The van der Waals surface area contributed by atoms with Crippen molar-refractivity contribution in [1.82, 2.24) is 0 Å². The lowest BCUT2D eigenvalue weighted by atomic mass is 10.0. The summed E-state index contributed by atoms with van der Waals surface area (Å²) < 4.78 is 1.11. The van der Waals surface area contributed by atoms with E-state index >= 15 is 0 Å². The Labute approximate surface area is 96.4 Å². The maximum Gasteiger partial charge on any atom is 0.320 e. The second-order valence-electron chi connectivity index (χ2n) is 3.29. The molecule has 0 spiro atoms. The Bertz CT molecular complexity index is 332. The number of hydrogen-bond acceptors (Lipinski definition) is 2. The highest BCUT2D eigenvalue weighted by Gasteiger charge is 2.12. The van der Waals surface area contributed by atoms with Gasteiger partial charge >= 0.3 is 5.97 Å². The number of carboxylic acids is 1. The Kier molecular flexibility index (Phi) is 3.88. The minimum Gasteiger partial charge on any atom is -0.480 e. The summed E-state index contributed by atoms with van der Waals surface area (Å²) in [6.45, 7) is 1.98. The summed E-state index contributed by atoms with van der Waals surface area (Å²) in [5.74, 6) is -0.957. The molecule has 1 aromatic carbocycles. The van der Waals surface area contributed by atoms with E-state index < -0.39 is 12.0 Å². The molecule has 76 valence electrons. The lowest BCUT2D eigenvalue weighted by Crippen LogP contribution is -2.32. The van der Waals surface area contributed by atoms with E-state index in [2.05, 4.69) is 22.6 Å². The molecule has 14 heavy (non-hydrogen) atoms. The van der Waals surface area contributed by atoms with E-state index in [9.17, 15) is 4.79 Å². The van der Waals surface area contributed by atoms with Crippen molar-refractivity contribution >= 4 is 28.6 Å². The molecule has 0 aliphatic carbocycles. The lowest BCUT2D eigenvalue weighted by Gasteiger charge is -2.07. The third kappa shape index (κ3) is 3.26. The van der Waals surface area contributed by atoms with Gasteiger partial charge < -0.3 is 10.8 Å². The van der Waals surface area contributed by atoms with Crippen LogP contribution in [0.5, 0.6) is 0 Å². The van der Waals surface area contributed by atoms with Crippen LogP contribution in [0.3, 0.4) is 0 Å². The molecular formula is C10H12INO2. The van der Waals surface area contributed by atoms with Crippen LogP contribution in [-0.4, -0.2) is 17.1 Å². The monoisotopic (exact) mass is 305 g/mol. The van der Waals surface area contributed by atoms with E-state index in [0.717, 1.165) is 14.7 Å². The van der Waals surface area contributed by atoms with Crippen molar-refractivity contribution in [3.63, 3.8) is 0 Å². The second kappa shape index (κ2) is 4.75. The maximum atomic E-state index is 10.5. The smallest absolute Gasteiger partial charge is 0.320 e. The molecule has 1 rings (SSSR count). The van der Waals surface area contributed by atoms with Crippen molar-refractivity contribution in [3.05, 3.63) is 32.9 Å². The van der Waals surface area contributed by atoms with Crippen LogP contribution in [0.1, 0.15) is 11.1 Å². The molecule has 1 aromatic rings. The fraction of sp³-hybridized carbons (Fsp3) is 0.300. The van der Waals surface area contributed by atoms with Gasteiger partial charge in [0.2, 0.25) is 0 Å². The van der Waals surface area contributed by atoms with E-state index in [1.54, 1.807) is 0 Å². The summed E-state index contributed by atoms with van der Waals surface area (Å²) in [4.78, 5) is 10.5. The number of hydrogen-bond donors (Lipinski definition) is 2. The Morgan fingerprint density at radius 1 is 1.57 bits per heavy atom. The second-order valence-corrected chi connectivity index (χ2v) is 4.53. The first kappa shape index (κ1) is 11.5. The Morgan fingerprint density at radius 2 is 2.21 bits per heavy atom. The predicted octanol–water partition coefficient (Wildman–Crippen LogP) is 1.55. The van der Waals surface area contributed by atoms with Crippen LogP contribution in [0, 0.1) is 10.5 Å². The first-order valence-electron chi connectivity index (χ1n) is 4.23. The van der Waals surface area contributed by atoms with Crippen molar-refractivity contribution in [2.24, 2.45) is 5.73 Å². The van der Waals surface area contributed by atoms with E-state index in [1.807, 2.05) is 25.1 Å². The van der Waals surface area contributed by atoms with E-state index in [4.69, 9.17) is 10.8 Å². The van der Waals surface area contributed by atoms with Gasteiger partial charge in [0, 0.05) is 3.57 Å². The molecule has 0 radical (unpaired) electrons. The zero-order valence-electron chi connectivity index (χ0n) is 7.83. The number of aryl methyl sites for hydroxylation is 1. The Hall–Kier alpha value is -0.620. The molecule has 1 atom stereocenters. The number of benzene rings is 1. The third-order valence-corrected chi connectivity index (χ3v) is 2.50. The van der Waals surface area contributed by atoms with Gasteiger partial charge in [0.25, 0.3) is 0 Å². The molecule has 0 unspecified atom stereocenters. The molecule has 0 bridgehead atoms. The Balaban J connectivity index is 2.81. The SMILES string of the molecule is Cc1cc(I)cc(C[C@H](N)C(=O)O)c1. The maximum absolute atomic E-state index is 10.5. The van der Waals surface area contributed by atoms with Crippen molar-refractivity contribution in [1.29, 1.82) is 0 Å². The highest BCUT2D eigenvalue weighted by molar-refractivity contribution is 14.1. The van der Waals surface area contributed by atoms with Crippen molar-refractivity contribution in [2.75, 3.05) is 0 Å². The average molecular weight is 305 g/mol. The van der Waals surface area contributed by atoms with E-state index in [-0.39, 0.29) is 0 Å². The molecule has 4 heteroatoms. The van der Waals surface area contributed by atoms with Crippen molar-refractivity contribution in [2.45, 2.75) is 19.4 Å². The van der Waals surface area contributed by atoms with Crippen LogP contribution in [0.25, 0.3) is 0 Å². The number of rotatable bonds is 3. The van der Waals surface area contributed by atoms with Crippen LogP contribution >= 0.6 is 22.6 Å². The number of carboxylic acid groups (broad SMARTS) is 1. The van der Waals surface area contributed by atoms with Gasteiger partial charge in [-0.3, -0.25) is 4.79 Å². The normalized spacial score (nSPS) is 12.5. The average Bonchev–Trinajstić information content (AvgIpc) is 2.01. The van der Waals surface area contributed by atoms with E-state index in [0.29, 0.717) is 6.42 Å². The molecule has 0 aliphatic heterocycles. The summed E-state index contributed by atoms with van der Waals surface area (Å²) in [5.41, 5.74) is 7.55. The van der Waals surface area contributed by atoms with Gasteiger partial charge in [0.1, 0.15) is 6.04 Å². The van der Waals surface area contributed by atoms with Crippen molar-refractivity contribution < 1.29 is 9.90 Å². The highest BCUT2D eigenvalue weighted by atomic mass is 127. The van der Waals surface area contributed by atoms with Gasteiger partial charge in [-0.05, 0) is 59.2 Å². The fourth-order valence-electron chi connectivity index (χ4n) is 1.27. The molecule has 0 amide bonds. The number of nitrogens with two attached hydrogens (primary N) is 1. The molecule has 0 aliphatic rings. The van der Waals surface area contributed by atoms with Crippen molar-refractivity contribution in [3.8, 4) is 0 Å².